The lowest BCUT2D eigenvalue weighted by Crippen LogP contribution is -2.19. The number of ether oxygens (including phenoxy) is 1. The molecule has 0 aliphatic carbocycles. The summed E-state index contributed by atoms with van der Waals surface area (Å²) in [7, 11) is 1.63. The van der Waals surface area contributed by atoms with Crippen molar-refractivity contribution in [3.05, 3.63) is 125 Å². The maximum absolute atomic E-state index is 13.6. The maximum Gasteiger partial charge on any atom is 0.255 e. The van der Waals surface area contributed by atoms with Crippen molar-refractivity contribution in [3.63, 3.8) is 0 Å². The molecule has 0 aliphatic heterocycles. The number of amides is 2. The molecular formula is C32H27N3O3S2. The molecule has 1 aromatic heterocycles. The molecular weight excluding hydrogens is 539 g/mol. The van der Waals surface area contributed by atoms with Crippen LogP contribution in [0.1, 0.15) is 26.7 Å². The number of anilines is 2. The highest BCUT2D eigenvalue weighted by Crippen LogP contribution is 2.38. The van der Waals surface area contributed by atoms with Gasteiger partial charge in [-0.1, -0.05) is 54.1 Å². The predicted molar refractivity (Wildman–Crippen MR) is 163 cm³/mol. The van der Waals surface area contributed by atoms with Crippen LogP contribution in [0.25, 0.3) is 11.3 Å². The topological polar surface area (TPSA) is 80.3 Å². The Morgan fingerprint density at radius 3 is 2.40 bits per heavy atom. The van der Waals surface area contributed by atoms with Gasteiger partial charge in [-0.25, -0.2) is 4.98 Å². The van der Waals surface area contributed by atoms with Gasteiger partial charge in [0.15, 0.2) is 5.13 Å². The van der Waals surface area contributed by atoms with E-state index in [-0.39, 0.29) is 11.8 Å². The first-order valence-electron chi connectivity index (χ1n) is 12.6. The molecule has 0 bridgehead atoms. The number of benzene rings is 4. The average molecular weight is 566 g/mol. The van der Waals surface area contributed by atoms with Crippen molar-refractivity contribution in [1.82, 2.24) is 4.98 Å². The number of nitrogens with one attached hydrogen (secondary N) is 2. The Labute approximate surface area is 241 Å². The predicted octanol–water partition coefficient (Wildman–Crippen LogP) is 7.85. The van der Waals surface area contributed by atoms with Crippen LogP contribution in [0.15, 0.2) is 113 Å². The van der Waals surface area contributed by atoms with Crippen molar-refractivity contribution in [2.75, 3.05) is 17.7 Å². The molecule has 40 heavy (non-hydrogen) atoms. The minimum atomic E-state index is -0.530. The zero-order valence-electron chi connectivity index (χ0n) is 22.0. The molecule has 0 saturated carbocycles. The van der Waals surface area contributed by atoms with Crippen LogP contribution in [0.4, 0.5) is 10.8 Å². The fraction of sp³-hybridized carbons (Fsp3) is 0.0938. The second-order valence-electron chi connectivity index (χ2n) is 9.02. The Balaban J connectivity index is 1.33. The zero-order chi connectivity index (χ0) is 27.9. The standard InChI is InChI=1S/C32H27N3O3S2/c1-21-8-6-11-24(18-21)30(36)33-25-12-7-13-27(19-25)40-29(23-9-4-3-5-10-23)31(37)35-32-34-28(20-39-32)22-14-16-26(38-2)17-15-22/h3-20,29H,1-2H3,(H,33,36)(H,34,35,37). The lowest BCUT2D eigenvalue weighted by molar-refractivity contribution is -0.115. The summed E-state index contributed by atoms with van der Waals surface area (Å²) in [6.45, 7) is 1.95. The number of nitrogens with zero attached hydrogens (tertiary/aromatic N) is 1. The molecule has 6 nitrogen and oxygen atoms in total. The lowest BCUT2D eigenvalue weighted by atomic mass is 10.1. The van der Waals surface area contributed by atoms with Gasteiger partial charge in [0.05, 0.1) is 12.8 Å². The summed E-state index contributed by atoms with van der Waals surface area (Å²) in [5.74, 6) is 0.412. The number of carbonyl (C=O) groups excluding carboxylic acids is 2. The fourth-order valence-electron chi connectivity index (χ4n) is 4.07. The normalized spacial score (nSPS) is 11.4. The van der Waals surface area contributed by atoms with Crippen LogP contribution >= 0.6 is 23.1 Å². The molecule has 1 heterocycles. The van der Waals surface area contributed by atoms with Gasteiger partial charge >= 0.3 is 0 Å². The number of rotatable bonds is 9. The third-order valence-corrected chi connectivity index (χ3v) is 8.09. The first-order valence-corrected chi connectivity index (χ1v) is 14.3. The minimum absolute atomic E-state index is 0.180. The number of hydrogen-bond acceptors (Lipinski definition) is 6. The highest BCUT2D eigenvalue weighted by molar-refractivity contribution is 8.00. The van der Waals surface area contributed by atoms with Crippen molar-refractivity contribution in [3.8, 4) is 17.0 Å². The minimum Gasteiger partial charge on any atom is -0.497 e. The third kappa shape index (κ3) is 6.77. The van der Waals surface area contributed by atoms with Gasteiger partial charge in [0.2, 0.25) is 5.91 Å². The summed E-state index contributed by atoms with van der Waals surface area (Å²) in [6.07, 6.45) is 0. The van der Waals surface area contributed by atoms with Gasteiger partial charge in [-0.05, 0) is 67.1 Å². The number of hydrogen-bond donors (Lipinski definition) is 2. The first kappa shape index (κ1) is 27.2. The van der Waals surface area contributed by atoms with Gasteiger partial charge in [0.1, 0.15) is 11.0 Å². The van der Waals surface area contributed by atoms with Crippen molar-refractivity contribution in [1.29, 1.82) is 0 Å². The number of methoxy groups -OCH3 is 1. The van der Waals surface area contributed by atoms with Crippen molar-refractivity contribution in [2.45, 2.75) is 17.1 Å². The van der Waals surface area contributed by atoms with E-state index >= 15 is 0 Å². The van der Waals surface area contributed by atoms with Crippen LogP contribution < -0.4 is 15.4 Å². The largest absolute Gasteiger partial charge is 0.497 e. The lowest BCUT2D eigenvalue weighted by Gasteiger charge is -2.17. The van der Waals surface area contributed by atoms with Gasteiger partial charge in [0, 0.05) is 27.1 Å². The monoisotopic (exact) mass is 565 g/mol. The van der Waals surface area contributed by atoms with E-state index in [9.17, 15) is 9.59 Å². The van der Waals surface area contributed by atoms with Crippen LogP contribution in [0, 0.1) is 6.92 Å². The SMILES string of the molecule is COc1ccc(-c2csc(NC(=O)C(Sc3cccc(NC(=O)c4cccc(C)c4)c3)c3ccccc3)n2)cc1. The van der Waals surface area contributed by atoms with E-state index in [1.54, 1.807) is 13.2 Å². The molecule has 0 fully saturated rings. The Kier molecular flexibility index (Phi) is 8.59. The number of aryl methyl sites for hydroxylation is 1. The molecule has 5 rings (SSSR count). The number of thiazole rings is 1. The molecule has 1 atom stereocenters. The molecule has 0 spiro atoms. The highest BCUT2D eigenvalue weighted by Gasteiger charge is 2.23. The smallest absolute Gasteiger partial charge is 0.255 e. The highest BCUT2D eigenvalue weighted by atomic mass is 32.2. The molecule has 200 valence electrons. The Bertz CT molecular complexity index is 1620. The van der Waals surface area contributed by atoms with Crippen LogP contribution in [-0.2, 0) is 4.79 Å². The summed E-state index contributed by atoms with van der Waals surface area (Å²) in [5.41, 5.74) is 4.86. The first-order chi connectivity index (χ1) is 19.5. The van der Waals surface area contributed by atoms with E-state index in [1.807, 2.05) is 109 Å². The molecule has 0 aliphatic rings. The molecule has 5 aromatic rings. The second kappa shape index (κ2) is 12.6. The van der Waals surface area contributed by atoms with Gasteiger partial charge in [-0.2, -0.15) is 0 Å². The van der Waals surface area contributed by atoms with E-state index in [0.29, 0.717) is 16.4 Å². The third-order valence-electron chi connectivity index (χ3n) is 6.09. The summed E-state index contributed by atoms with van der Waals surface area (Å²) >= 11 is 2.79. The summed E-state index contributed by atoms with van der Waals surface area (Å²) in [6, 6.07) is 32.2. The van der Waals surface area contributed by atoms with Crippen molar-refractivity contribution >= 4 is 45.7 Å². The van der Waals surface area contributed by atoms with E-state index < -0.39 is 5.25 Å². The van der Waals surface area contributed by atoms with Gasteiger partial charge in [0.25, 0.3) is 5.91 Å². The van der Waals surface area contributed by atoms with E-state index in [4.69, 9.17) is 4.74 Å². The average Bonchev–Trinajstić information content (AvgIpc) is 3.45. The fourth-order valence-corrected chi connectivity index (χ4v) is 5.88. The van der Waals surface area contributed by atoms with Crippen LogP contribution in [0.3, 0.4) is 0 Å². The molecule has 2 amide bonds. The summed E-state index contributed by atoms with van der Waals surface area (Å²) < 4.78 is 5.23. The number of aromatic nitrogens is 1. The van der Waals surface area contributed by atoms with Gasteiger partial charge in [-0.15, -0.1) is 23.1 Å². The van der Waals surface area contributed by atoms with Gasteiger partial charge < -0.3 is 15.4 Å². The summed E-state index contributed by atoms with van der Waals surface area (Å²) in [4.78, 5) is 31.8. The number of thioether (sulfide) groups is 1. The Hall–Kier alpha value is -4.40. The molecule has 4 aromatic carbocycles. The van der Waals surface area contributed by atoms with Gasteiger partial charge in [-0.3, -0.25) is 9.59 Å². The molecule has 2 N–H and O–H groups in total. The number of carbonyl (C=O) groups is 2. The Morgan fingerprint density at radius 1 is 0.875 bits per heavy atom. The van der Waals surface area contributed by atoms with E-state index in [2.05, 4.69) is 15.6 Å². The van der Waals surface area contributed by atoms with Crippen LogP contribution in [0.5, 0.6) is 5.75 Å². The zero-order valence-corrected chi connectivity index (χ0v) is 23.6. The summed E-state index contributed by atoms with van der Waals surface area (Å²) in [5, 5.41) is 7.88. The van der Waals surface area contributed by atoms with Crippen LogP contribution in [-0.4, -0.2) is 23.9 Å². The van der Waals surface area contributed by atoms with Crippen molar-refractivity contribution in [2.24, 2.45) is 0 Å². The van der Waals surface area contributed by atoms with E-state index in [1.165, 1.54) is 23.1 Å². The molecule has 8 heteroatoms. The molecule has 0 saturated heterocycles. The maximum atomic E-state index is 13.6. The van der Waals surface area contributed by atoms with Crippen molar-refractivity contribution < 1.29 is 14.3 Å². The molecule has 1 unspecified atom stereocenters. The second-order valence-corrected chi connectivity index (χ2v) is 11.1. The quantitative estimate of drug-likeness (QED) is 0.178. The van der Waals surface area contributed by atoms with E-state index in [0.717, 1.165) is 33.0 Å². The van der Waals surface area contributed by atoms with Crippen LogP contribution in [0.2, 0.25) is 0 Å². The Morgan fingerprint density at radius 2 is 1.65 bits per heavy atom. The molecule has 0 radical (unpaired) electrons.